The summed E-state index contributed by atoms with van der Waals surface area (Å²) in [5.74, 6) is 0.582. The van der Waals surface area contributed by atoms with E-state index in [9.17, 15) is 9.59 Å². The van der Waals surface area contributed by atoms with Gasteiger partial charge in [0.2, 0.25) is 11.8 Å². The molecule has 0 aliphatic heterocycles. The van der Waals surface area contributed by atoms with Crippen LogP contribution >= 0.6 is 0 Å². The van der Waals surface area contributed by atoms with Gasteiger partial charge in [-0.2, -0.15) is 0 Å². The standard InChI is InChI=1S/C17H25N3O2/c1-11(2)17(22)19-14-7-4-12(3)15(8-14)20-16(21)10-18-9-13-5-6-13/h4,7-8,11,13,18H,5-6,9-10H2,1-3H3,(H,19,22)(H,20,21). The third-order valence-corrected chi connectivity index (χ3v) is 3.72. The van der Waals surface area contributed by atoms with Gasteiger partial charge < -0.3 is 16.0 Å². The van der Waals surface area contributed by atoms with Gasteiger partial charge in [0.15, 0.2) is 0 Å². The van der Waals surface area contributed by atoms with E-state index in [2.05, 4.69) is 16.0 Å². The van der Waals surface area contributed by atoms with Crippen LogP contribution in [0.3, 0.4) is 0 Å². The predicted molar refractivity (Wildman–Crippen MR) is 88.9 cm³/mol. The summed E-state index contributed by atoms with van der Waals surface area (Å²) < 4.78 is 0. The zero-order valence-corrected chi connectivity index (χ0v) is 13.5. The van der Waals surface area contributed by atoms with Crippen molar-refractivity contribution < 1.29 is 9.59 Å². The Labute approximate surface area is 131 Å². The Balaban J connectivity index is 1.90. The average molecular weight is 303 g/mol. The van der Waals surface area contributed by atoms with Crippen LogP contribution in [0.25, 0.3) is 0 Å². The maximum Gasteiger partial charge on any atom is 0.238 e. The van der Waals surface area contributed by atoms with Crippen molar-refractivity contribution in [1.29, 1.82) is 0 Å². The van der Waals surface area contributed by atoms with Crippen molar-refractivity contribution in [2.24, 2.45) is 11.8 Å². The van der Waals surface area contributed by atoms with Crippen LogP contribution in [-0.2, 0) is 9.59 Å². The number of rotatable bonds is 7. The van der Waals surface area contributed by atoms with Gasteiger partial charge in [-0.05, 0) is 49.9 Å². The van der Waals surface area contributed by atoms with Crippen LogP contribution in [0.2, 0.25) is 0 Å². The van der Waals surface area contributed by atoms with Crippen LogP contribution in [0.15, 0.2) is 18.2 Å². The molecule has 0 heterocycles. The SMILES string of the molecule is Cc1ccc(NC(=O)C(C)C)cc1NC(=O)CNCC1CC1. The minimum atomic E-state index is -0.0778. The number of aryl methyl sites for hydroxylation is 1. The Kier molecular flexibility index (Phi) is 5.55. The Morgan fingerprint density at radius 2 is 1.95 bits per heavy atom. The number of hydrogen-bond donors (Lipinski definition) is 3. The van der Waals surface area contributed by atoms with Crippen molar-refractivity contribution >= 4 is 23.2 Å². The molecule has 1 aliphatic rings. The normalized spacial score (nSPS) is 14.0. The largest absolute Gasteiger partial charge is 0.326 e. The summed E-state index contributed by atoms with van der Waals surface area (Å²) in [6, 6.07) is 5.54. The van der Waals surface area contributed by atoms with Crippen molar-refractivity contribution in [3.8, 4) is 0 Å². The number of carbonyl (C=O) groups is 2. The van der Waals surface area contributed by atoms with Gasteiger partial charge in [-0.1, -0.05) is 19.9 Å². The van der Waals surface area contributed by atoms with E-state index in [-0.39, 0.29) is 17.7 Å². The lowest BCUT2D eigenvalue weighted by atomic mass is 10.1. The van der Waals surface area contributed by atoms with Gasteiger partial charge in [-0.15, -0.1) is 0 Å². The summed E-state index contributed by atoms with van der Waals surface area (Å²) in [5, 5.41) is 8.90. The van der Waals surface area contributed by atoms with E-state index in [1.165, 1.54) is 12.8 Å². The Hall–Kier alpha value is -1.88. The van der Waals surface area contributed by atoms with Crippen molar-refractivity contribution in [3.05, 3.63) is 23.8 Å². The predicted octanol–water partition coefficient (Wildman–Crippen LogP) is 2.53. The fourth-order valence-electron chi connectivity index (χ4n) is 2.03. The first-order chi connectivity index (χ1) is 10.5. The molecule has 0 bridgehead atoms. The summed E-state index contributed by atoms with van der Waals surface area (Å²) in [5.41, 5.74) is 2.41. The summed E-state index contributed by atoms with van der Waals surface area (Å²) in [7, 11) is 0. The van der Waals surface area contributed by atoms with Gasteiger partial charge in [-0.3, -0.25) is 9.59 Å². The monoisotopic (exact) mass is 303 g/mol. The van der Waals surface area contributed by atoms with E-state index in [4.69, 9.17) is 0 Å². The van der Waals surface area contributed by atoms with E-state index in [1.807, 2.05) is 32.9 Å². The van der Waals surface area contributed by atoms with Crippen LogP contribution < -0.4 is 16.0 Å². The number of benzene rings is 1. The van der Waals surface area contributed by atoms with Gasteiger partial charge in [0, 0.05) is 17.3 Å². The number of nitrogens with one attached hydrogen (secondary N) is 3. The second kappa shape index (κ2) is 7.40. The number of anilines is 2. The van der Waals surface area contributed by atoms with Gasteiger partial charge in [0.05, 0.1) is 6.54 Å². The molecule has 120 valence electrons. The van der Waals surface area contributed by atoms with Crippen LogP contribution in [0.5, 0.6) is 0 Å². The first-order valence-corrected chi connectivity index (χ1v) is 7.88. The molecule has 0 aromatic heterocycles. The molecule has 5 nitrogen and oxygen atoms in total. The Morgan fingerprint density at radius 3 is 2.59 bits per heavy atom. The fourth-order valence-corrected chi connectivity index (χ4v) is 2.03. The minimum absolute atomic E-state index is 0.0350. The molecule has 1 saturated carbocycles. The van der Waals surface area contributed by atoms with Crippen LogP contribution in [0.4, 0.5) is 11.4 Å². The van der Waals surface area contributed by atoms with Crippen molar-refractivity contribution in [1.82, 2.24) is 5.32 Å². The topological polar surface area (TPSA) is 70.2 Å². The van der Waals surface area contributed by atoms with Crippen LogP contribution in [0.1, 0.15) is 32.3 Å². The highest BCUT2D eigenvalue weighted by molar-refractivity contribution is 5.96. The summed E-state index contributed by atoms with van der Waals surface area (Å²) in [6.45, 7) is 6.85. The second-order valence-corrected chi connectivity index (χ2v) is 6.30. The molecule has 5 heteroatoms. The first kappa shape index (κ1) is 16.5. The first-order valence-electron chi connectivity index (χ1n) is 7.88. The summed E-state index contributed by atoms with van der Waals surface area (Å²) in [4.78, 5) is 23.7. The third-order valence-electron chi connectivity index (χ3n) is 3.72. The van der Waals surface area contributed by atoms with Crippen LogP contribution in [-0.4, -0.2) is 24.9 Å². The zero-order valence-electron chi connectivity index (χ0n) is 13.5. The van der Waals surface area contributed by atoms with E-state index in [1.54, 1.807) is 6.07 Å². The molecule has 3 N–H and O–H groups in total. The molecule has 0 atom stereocenters. The Morgan fingerprint density at radius 1 is 1.23 bits per heavy atom. The lowest BCUT2D eigenvalue weighted by molar-refractivity contribution is -0.119. The molecule has 0 spiro atoms. The smallest absolute Gasteiger partial charge is 0.238 e. The second-order valence-electron chi connectivity index (χ2n) is 6.30. The average Bonchev–Trinajstić information content (AvgIpc) is 3.26. The molecular formula is C17H25N3O2. The minimum Gasteiger partial charge on any atom is -0.326 e. The van der Waals surface area contributed by atoms with Gasteiger partial charge in [-0.25, -0.2) is 0 Å². The molecule has 2 amide bonds. The van der Waals surface area contributed by atoms with Crippen molar-refractivity contribution in [2.45, 2.75) is 33.6 Å². The maximum atomic E-state index is 11.9. The molecule has 1 aromatic carbocycles. The highest BCUT2D eigenvalue weighted by atomic mass is 16.2. The van der Waals surface area contributed by atoms with Crippen LogP contribution in [0, 0.1) is 18.8 Å². The molecule has 1 aromatic rings. The van der Waals surface area contributed by atoms with Gasteiger partial charge in [0.1, 0.15) is 0 Å². The van der Waals surface area contributed by atoms with Crippen molar-refractivity contribution in [2.75, 3.05) is 23.7 Å². The third kappa shape index (κ3) is 5.15. The maximum absolute atomic E-state index is 11.9. The van der Waals surface area contributed by atoms with E-state index < -0.39 is 0 Å². The summed E-state index contributed by atoms with van der Waals surface area (Å²) >= 11 is 0. The van der Waals surface area contributed by atoms with Crippen molar-refractivity contribution in [3.63, 3.8) is 0 Å². The molecule has 0 unspecified atom stereocenters. The number of hydrogen-bond acceptors (Lipinski definition) is 3. The lowest BCUT2D eigenvalue weighted by Gasteiger charge is -2.13. The molecule has 1 aliphatic carbocycles. The Bertz CT molecular complexity index is 551. The van der Waals surface area contributed by atoms with E-state index in [0.29, 0.717) is 12.2 Å². The molecule has 0 radical (unpaired) electrons. The lowest BCUT2D eigenvalue weighted by Crippen LogP contribution is -2.29. The molecule has 2 rings (SSSR count). The summed E-state index contributed by atoms with van der Waals surface area (Å²) in [6.07, 6.45) is 2.54. The van der Waals surface area contributed by atoms with Gasteiger partial charge >= 0.3 is 0 Å². The van der Waals surface area contributed by atoms with E-state index >= 15 is 0 Å². The molecule has 22 heavy (non-hydrogen) atoms. The number of carbonyl (C=O) groups excluding carboxylic acids is 2. The number of amides is 2. The quantitative estimate of drug-likeness (QED) is 0.725. The van der Waals surface area contributed by atoms with E-state index in [0.717, 1.165) is 23.7 Å². The molecule has 0 saturated heterocycles. The highest BCUT2D eigenvalue weighted by Gasteiger charge is 2.20. The van der Waals surface area contributed by atoms with Gasteiger partial charge in [0.25, 0.3) is 0 Å². The molecule has 1 fully saturated rings. The molecular weight excluding hydrogens is 278 g/mol. The zero-order chi connectivity index (χ0) is 16.1. The highest BCUT2D eigenvalue weighted by Crippen LogP contribution is 2.27. The fraction of sp³-hybridized carbons (Fsp3) is 0.529.